The zero-order valence-corrected chi connectivity index (χ0v) is 15.5. The molecule has 1 fully saturated rings. The fraction of sp³-hybridized carbons (Fsp3) is 0.421. The summed E-state index contributed by atoms with van der Waals surface area (Å²) in [6.45, 7) is 1.80. The molecular weight excluding hydrogens is 353 g/mol. The van der Waals surface area contributed by atoms with Crippen LogP contribution in [0.1, 0.15) is 48.2 Å². The summed E-state index contributed by atoms with van der Waals surface area (Å²) in [6, 6.07) is 5.63. The molecule has 1 heterocycles. The average molecular weight is 375 g/mol. The molecule has 1 aromatic carbocycles. The van der Waals surface area contributed by atoms with Crippen LogP contribution in [0.5, 0.6) is 0 Å². The van der Waals surface area contributed by atoms with Gasteiger partial charge in [-0.15, -0.1) is 11.3 Å². The quantitative estimate of drug-likeness (QED) is 0.859. The highest BCUT2D eigenvalue weighted by atomic mass is 32.1. The molecule has 2 aromatic rings. The van der Waals surface area contributed by atoms with Crippen molar-refractivity contribution in [1.29, 1.82) is 0 Å². The minimum absolute atomic E-state index is 0.00305. The van der Waals surface area contributed by atoms with Crippen LogP contribution in [-0.2, 0) is 4.79 Å². The summed E-state index contributed by atoms with van der Waals surface area (Å²) in [7, 11) is 0. The number of nitrogens with one attached hydrogen (secondary N) is 1. The highest BCUT2D eigenvalue weighted by Gasteiger charge is 2.28. The van der Waals surface area contributed by atoms with Crippen LogP contribution in [0.4, 0.5) is 9.52 Å². The molecule has 0 saturated heterocycles. The zero-order chi connectivity index (χ0) is 18.5. The third kappa shape index (κ3) is 4.66. The zero-order valence-electron chi connectivity index (χ0n) is 14.7. The van der Waals surface area contributed by atoms with Gasteiger partial charge in [-0.05, 0) is 38.0 Å². The number of aromatic nitrogens is 1. The molecule has 1 aliphatic rings. The lowest BCUT2D eigenvalue weighted by Gasteiger charge is -2.34. The van der Waals surface area contributed by atoms with Crippen LogP contribution < -0.4 is 5.32 Å². The van der Waals surface area contributed by atoms with Gasteiger partial charge in [-0.2, -0.15) is 0 Å². The number of aryl methyl sites for hydroxylation is 1. The van der Waals surface area contributed by atoms with E-state index in [0.717, 1.165) is 37.8 Å². The number of thiazole rings is 1. The number of carbonyl (C=O) groups excluding carboxylic acids is 2. The summed E-state index contributed by atoms with van der Waals surface area (Å²) >= 11 is 1.35. The molecule has 5 nitrogen and oxygen atoms in total. The maximum Gasteiger partial charge on any atom is 0.254 e. The summed E-state index contributed by atoms with van der Waals surface area (Å²) in [5.41, 5.74) is 1.11. The van der Waals surface area contributed by atoms with E-state index in [0.29, 0.717) is 5.13 Å². The van der Waals surface area contributed by atoms with E-state index in [1.807, 2.05) is 12.3 Å². The van der Waals surface area contributed by atoms with Crippen LogP contribution >= 0.6 is 11.3 Å². The van der Waals surface area contributed by atoms with Gasteiger partial charge in [0.05, 0.1) is 5.69 Å². The van der Waals surface area contributed by atoms with Gasteiger partial charge in [-0.1, -0.05) is 25.3 Å². The molecule has 0 aliphatic heterocycles. The van der Waals surface area contributed by atoms with E-state index in [1.165, 1.54) is 29.5 Å². The van der Waals surface area contributed by atoms with Gasteiger partial charge in [-0.3, -0.25) is 9.59 Å². The Morgan fingerprint density at radius 1 is 1.31 bits per heavy atom. The Morgan fingerprint density at radius 2 is 2.08 bits per heavy atom. The van der Waals surface area contributed by atoms with Gasteiger partial charge in [0, 0.05) is 17.0 Å². The standard InChI is InChI=1S/C19H22FN3O2S/c1-13-12-26-19(21-13)22-17(24)11-23(16-8-3-2-4-9-16)18(25)14-6-5-7-15(20)10-14/h5-7,10,12,16H,2-4,8-9,11H2,1H3,(H,21,22,24). The Labute approximate surface area is 156 Å². The fourth-order valence-electron chi connectivity index (χ4n) is 3.27. The molecule has 1 saturated carbocycles. The van der Waals surface area contributed by atoms with Crippen LogP contribution in [0.2, 0.25) is 0 Å². The number of anilines is 1. The molecule has 2 amide bonds. The SMILES string of the molecule is Cc1csc(NC(=O)CN(C(=O)c2cccc(F)c2)C2CCCCC2)n1. The molecule has 0 atom stereocenters. The van der Waals surface area contributed by atoms with Crippen molar-refractivity contribution >= 4 is 28.3 Å². The first-order valence-electron chi connectivity index (χ1n) is 8.81. The number of hydrogen-bond acceptors (Lipinski definition) is 4. The second kappa shape index (κ2) is 8.40. The average Bonchev–Trinajstić information content (AvgIpc) is 3.04. The van der Waals surface area contributed by atoms with Gasteiger partial charge in [0.25, 0.3) is 5.91 Å². The van der Waals surface area contributed by atoms with Crippen molar-refractivity contribution in [2.45, 2.75) is 45.1 Å². The Hall–Kier alpha value is -2.28. The van der Waals surface area contributed by atoms with E-state index in [9.17, 15) is 14.0 Å². The smallest absolute Gasteiger partial charge is 0.254 e. The largest absolute Gasteiger partial charge is 0.326 e. The molecule has 0 radical (unpaired) electrons. The molecule has 0 spiro atoms. The van der Waals surface area contributed by atoms with Crippen LogP contribution in [0, 0.1) is 12.7 Å². The van der Waals surface area contributed by atoms with Gasteiger partial charge in [0.2, 0.25) is 5.91 Å². The van der Waals surface area contributed by atoms with Crippen molar-refractivity contribution in [3.05, 3.63) is 46.7 Å². The summed E-state index contributed by atoms with van der Waals surface area (Å²) in [6.07, 6.45) is 4.94. The third-order valence-corrected chi connectivity index (χ3v) is 5.40. The molecule has 0 bridgehead atoms. The third-order valence-electron chi connectivity index (χ3n) is 4.53. The highest BCUT2D eigenvalue weighted by Crippen LogP contribution is 2.24. The maximum atomic E-state index is 13.5. The predicted molar refractivity (Wildman–Crippen MR) is 99.8 cm³/mol. The minimum Gasteiger partial charge on any atom is -0.326 e. The number of halogens is 1. The lowest BCUT2D eigenvalue weighted by Crippen LogP contribution is -2.45. The number of amides is 2. The first-order valence-corrected chi connectivity index (χ1v) is 9.69. The van der Waals surface area contributed by atoms with E-state index in [-0.39, 0.29) is 30.0 Å². The first-order chi connectivity index (χ1) is 12.5. The summed E-state index contributed by atoms with van der Waals surface area (Å²) in [5.74, 6) is -1.04. The van der Waals surface area contributed by atoms with Gasteiger partial charge >= 0.3 is 0 Å². The number of benzene rings is 1. The lowest BCUT2D eigenvalue weighted by atomic mass is 9.93. The van der Waals surface area contributed by atoms with Crippen LogP contribution in [0.15, 0.2) is 29.6 Å². The molecule has 7 heteroatoms. The maximum absolute atomic E-state index is 13.5. The molecular formula is C19H22FN3O2S. The number of hydrogen-bond donors (Lipinski definition) is 1. The van der Waals surface area contributed by atoms with E-state index in [4.69, 9.17) is 0 Å². The van der Waals surface area contributed by atoms with Crippen molar-refractivity contribution in [1.82, 2.24) is 9.88 Å². The number of carbonyl (C=O) groups is 2. The Kier molecular flexibility index (Phi) is 5.98. The summed E-state index contributed by atoms with van der Waals surface area (Å²) < 4.78 is 13.5. The van der Waals surface area contributed by atoms with Crippen LogP contribution in [-0.4, -0.2) is 34.3 Å². The summed E-state index contributed by atoms with van der Waals surface area (Å²) in [4.78, 5) is 31.2. The molecule has 138 valence electrons. The summed E-state index contributed by atoms with van der Waals surface area (Å²) in [5, 5.41) is 5.13. The van der Waals surface area contributed by atoms with Crippen molar-refractivity contribution in [2.75, 3.05) is 11.9 Å². The fourth-order valence-corrected chi connectivity index (χ4v) is 3.98. The lowest BCUT2D eigenvalue weighted by molar-refractivity contribution is -0.117. The van der Waals surface area contributed by atoms with E-state index < -0.39 is 5.82 Å². The highest BCUT2D eigenvalue weighted by molar-refractivity contribution is 7.13. The molecule has 1 aromatic heterocycles. The second-order valence-electron chi connectivity index (χ2n) is 6.58. The monoisotopic (exact) mass is 375 g/mol. The Morgan fingerprint density at radius 3 is 2.73 bits per heavy atom. The van der Waals surface area contributed by atoms with Crippen LogP contribution in [0.3, 0.4) is 0 Å². The Bertz CT molecular complexity index is 787. The molecule has 3 rings (SSSR count). The predicted octanol–water partition coefficient (Wildman–Crippen LogP) is 4.00. The van der Waals surface area contributed by atoms with E-state index in [2.05, 4.69) is 10.3 Å². The second-order valence-corrected chi connectivity index (χ2v) is 7.44. The van der Waals surface area contributed by atoms with Gasteiger partial charge < -0.3 is 10.2 Å². The van der Waals surface area contributed by atoms with Gasteiger partial charge in [-0.25, -0.2) is 9.37 Å². The van der Waals surface area contributed by atoms with E-state index >= 15 is 0 Å². The molecule has 26 heavy (non-hydrogen) atoms. The van der Waals surface area contributed by atoms with Crippen molar-refractivity contribution in [3.63, 3.8) is 0 Å². The van der Waals surface area contributed by atoms with E-state index in [1.54, 1.807) is 11.0 Å². The van der Waals surface area contributed by atoms with Crippen LogP contribution in [0.25, 0.3) is 0 Å². The van der Waals surface area contributed by atoms with Crippen molar-refractivity contribution in [3.8, 4) is 0 Å². The van der Waals surface area contributed by atoms with Gasteiger partial charge in [0.1, 0.15) is 12.4 Å². The normalized spacial score (nSPS) is 14.8. The first kappa shape index (κ1) is 18.5. The molecule has 0 unspecified atom stereocenters. The molecule has 1 aliphatic carbocycles. The number of nitrogens with zero attached hydrogens (tertiary/aromatic N) is 2. The minimum atomic E-state index is -0.456. The molecule has 1 N–H and O–H groups in total. The van der Waals surface area contributed by atoms with Crippen molar-refractivity contribution in [2.24, 2.45) is 0 Å². The topological polar surface area (TPSA) is 62.3 Å². The Balaban J connectivity index is 1.76. The number of rotatable bonds is 5. The van der Waals surface area contributed by atoms with Crippen molar-refractivity contribution < 1.29 is 14.0 Å². The van der Waals surface area contributed by atoms with Gasteiger partial charge in [0.15, 0.2) is 5.13 Å².